The van der Waals surface area contributed by atoms with Gasteiger partial charge in [-0.3, -0.25) is 4.90 Å². The molecule has 2 aromatic rings. The maximum absolute atomic E-state index is 15.4. The third kappa shape index (κ3) is 4.74. The third-order valence-corrected chi connectivity index (χ3v) is 6.97. The van der Waals surface area contributed by atoms with Crippen LogP contribution in [-0.2, 0) is 16.6 Å². The highest BCUT2D eigenvalue weighted by atomic mass is 32.2. The van der Waals surface area contributed by atoms with Crippen molar-refractivity contribution in [1.29, 1.82) is 0 Å². The van der Waals surface area contributed by atoms with Crippen LogP contribution in [0.15, 0.2) is 42.5 Å². The average molecular weight is 472 g/mol. The van der Waals surface area contributed by atoms with Gasteiger partial charge >= 0.3 is 6.09 Å². The molecule has 0 aromatic heterocycles. The largest absolute Gasteiger partial charge is 0.465 e. The van der Waals surface area contributed by atoms with Crippen molar-refractivity contribution in [3.8, 4) is 11.1 Å². The highest BCUT2D eigenvalue weighted by molar-refractivity contribution is 7.87. The zero-order chi connectivity index (χ0) is 23.8. The van der Waals surface area contributed by atoms with E-state index in [1.807, 2.05) is 17.7 Å². The zero-order valence-corrected chi connectivity index (χ0v) is 18.5. The standard InChI is InChI=1S/C21H24F3N3O4S/c1-13-6-4-7-14(10-13)16-9-5-8-15(18(16)22)11-17-19(25-32(30,31)26(2)3)21(23,24)12-27(17)20(28)29/h4-10,17,19,25H,11-12H2,1-3H3,(H,28,29)/t17-,19+/m0/s1. The first kappa shape index (κ1) is 24.0. The number of hydrogen-bond acceptors (Lipinski definition) is 3. The van der Waals surface area contributed by atoms with Crippen LogP contribution >= 0.6 is 0 Å². The fraction of sp³-hybridized carbons (Fsp3) is 0.381. The van der Waals surface area contributed by atoms with Gasteiger partial charge < -0.3 is 5.11 Å². The van der Waals surface area contributed by atoms with Crippen molar-refractivity contribution in [2.75, 3.05) is 20.6 Å². The van der Waals surface area contributed by atoms with Crippen molar-refractivity contribution in [2.45, 2.75) is 31.4 Å². The molecule has 2 N–H and O–H groups in total. The third-order valence-electron chi connectivity index (χ3n) is 5.46. The van der Waals surface area contributed by atoms with E-state index in [0.29, 0.717) is 14.8 Å². The summed E-state index contributed by atoms with van der Waals surface area (Å²) in [5.74, 6) is -4.36. The summed E-state index contributed by atoms with van der Waals surface area (Å²) in [6, 6.07) is 7.96. The Labute approximate surface area is 184 Å². The van der Waals surface area contributed by atoms with Crippen LogP contribution in [-0.4, -0.2) is 67.5 Å². The van der Waals surface area contributed by atoms with E-state index in [-0.39, 0.29) is 11.1 Å². The summed E-state index contributed by atoms with van der Waals surface area (Å²) >= 11 is 0. The Morgan fingerprint density at radius 2 is 1.91 bits per heavy atom. The molecule has 1 aliphatic heterocycles. The summed E-state index contributed by atoms with van der Waals surface area (Å²) in [5, 5.41) is 9.46. The molecular weight excluding hydrogens is 447 g/mol. The van der Waals surface area contributed by atoms with Crippen molar-refractivity contribution in [2.24, 2.45) is 0 Å². The SMILES string of the molecule is Cc1cccc(-c2cccc(C[C@H]3[C@@H](NS(=O)(=O)N(C)C)C(F)(F)CN3C(=O)O)c2F)c1. The number of aryl methyl sites for hydroxylation is 1. The minimum absolute atomic E-state index is 0.00649. The monoisotopic (exact) mass is 471 g/mol. The van der Waals surface area contributed by atoms with Gasteiger partial charge in [0, 0.05) is 19.7 Å². The number of carboxylic acid groups (broad SMARTS) is 1. The van der Waals surface area contributed by atoms with Gasteiger partial charge in [0.2, 0.25) is 0 Å². The van der Waals surface area contributed by atoms with E-state index in [2.05, 4.69) is 0 Å². The number of nitrogens with one attached hydrogen (secondary N) is 1. The Morgan fingerprint density at radius 3 is 2.50 bits per heavy atom. The number of halogens is 3. The second-order valence-electron chi connectivity index (χ2n) is 7.97. The van der Waals surface area contributed by atoms with Crippen LogP contribution in [0.2, 0.25) is 0 Å². The Hall–Kier alpha value is -2.63. The molecule has 0 radical (unpaired) electrons. The molecule has 2 aromatic carbocycles. The first-order valence-electron chi connectivity index (χ1n) is 9.75. The molecule has 0 saturated carbocycles. The molecule has 1 saturated heterocycles. The van der Waals surface area contributed by atoms with Crippen LogP contribution in [0.25, 0.3) is 11.1 Å². The Balaban J connectivity index is 2.02. The maximum atomic E-state index is 15.4. The fourth-order valence-electron chi connectivity index (χ4n) is 3.77. The van der Waals surface area contributed by atoms with Crippen LogP contribution in [0.3, 0.4) is 0 Å². The van der Waals surface area contributed by atoms with Crippen LogP contribution in [0.4, 0.5) is 18.0 Å². The lowest BCUT2D eigenvalue weighted by molar-refractivity contribution is -0.00594. The highest BCUT2D eigenvalue weighted by Gasteiger charge is 2.57. The van der Waals surface area contributed by atoms with E-state index in [0.717, 1.165) is 19.7 Å². The lowest BCUT2D eigenvalue weighted by Gasteiger charge is -2.28. The topological polar surface area (TPSA) is 90.0 Å². The van der Waals surface area contributed by atoms with Gasteiger partial charge in [0.25, 0.3) is 16.1 Å². The van der Waals surface area contributed by atoms with Crippen molar-refractivity contribution < 1.29 is 31.5 Å². The molecule has 1 heterocycles. The summed E-state index contributed by atoms with van der Waals surface area (Å²) in [4.78, 5) is 12.1. The van der Waals surface area contributed by atoms with Gasteiger partial charge in [-0.05, 0) is 24.5 Å². The number of carbonyl (C=O) groups is 1. The highest BCUT2D eigenvalue weighted by Crippen LogP contribution is 2.36. The molecule has 174 valence electrons. The fourth-order valence-corrected chi connectivity index (χ4v) is 4.63. The van der Waals surface area contributed by atoms with Gasteiger partial charge in [-0.15, -0.1) is 0 Å². The van der Waals surface area contributed by atoms with Gasteiger partial charge in [-0.2, -0.15) is 17.4 Å². The summed E-state index contributed by atoms with van der Waals surface area (Å²) in [6.45, 7) is 0.644. The summed E-state index contributed by atoms with van der Waals surface area (Å²) in [6.07, 6.45) is -2.08. The van der Waals surface area contributed by atoms with E-state index in [9.17, 15) is 27.1 Å². The van der Waals surface area contributed by atoms with Crippen molar-refractivity contribution >= 4 is 16.3 Å². The molecule has 0 bridgehead atoms. The molecule has 0 unspecified atom stereocenters. The van der Waals surface area contributed by atoms with Crippen LogP contribution < -0.4 is 4.72 Å². The molecule has 11 heteroatoms. The van der Waals surface area contributed by atoms with E-state index in [1.165, 1.54) is 12.1 Å². The minimum Gasteiger partial charge on any atom is -0.465 e. The number of nitrogens with zero attached hydrogens (tertiary/aromatic N) is 2. The van der Waals surface area contributed by atoms with Gasteiger partial charge in [-0.25, -0.2) is 18.0 Å². The van der Waals surface area contributed by atoms with Crippen molar-refractivity contribution in [3.63, 3.8) is 0 Å². The molecule has 7 nitrogen and oxygen atoms in total. The normalized spacial score (nSPS) is 20.7. The number of alkyl halides is 2. The maximum Gasteiger partial charge on any atom is 0.407 e. The van der Waals surface area contributed by atoms with E-state index < -0.39 is 53.1 Å². The van der Waals surface area contributed by atoms with Crippen molar-refractivity contribution in [1.82, 2.24) is 13.9 Å². The number of likely N-dealkylation sites (tertiary alicyclic amines) is 1. The van der Waals surface area contributed by atoms with E-state index >= 15 is 4.39 Å². The molecule has 1 aliphatic rings. The van der Waals surface area contributed by atoms with Crippen LogP contribution in [0.1, 0.15) is 11.1 Å². The average Bonchev–Trinajstić information content (AvgIpc) is 2.93. The second-order valence-corrected chi connectivity index (χ2v) is 9.89. The molecule has 0 aliphatic carbocycles. The van der Waals surface area contributed by atoms with Crippen molar-refractivity contribution in [3.05, 3.63) is 59.4 Å². The zero-order valence-electron chi connectivity index (χ0n) is 17.7. The summed E-state index contributed by atoms with van der Waals surface area (Å²) in [5.41, 5.74) is 1.73. The lowest BCUT2D eigenvalue weighted by Crippen LogP contribution is -2.54. The van der Waals surface area contributed by atoms with Crippen LogP contribution in [0.5, 0.6) is 0 Å². The number of benzene rings is 2. The lowest BCUT2D eigenvalue weighted by atomic mass is 9.95. The first-order chi connectivity index (χ1) is 14.8. The first-order valence-corrected chi connectivity index (χ1v) is 11.2. The molecule has 3 rings (SSSR count). The minimum atomic E-state index is -4.30. The van der Waals surface area contributed by atoms with Gasteiger partial charge in [0.05, 0.1) is 12.6 Å². The Bertz CT molecular complexity index is 1130. The van der Waals surface area contributed by atoms with Gasteiger partial charge in [0.15, 0.2) is 0 Å². The predicted molar refractivity (Wildman–Crippen MR) is 113 cm³/mol. The summed E-state index contributed by atoms with van der Waals surface area (Å²) < 4.78 is 71.8. The summed E-state index contributed by atoms with van der Waals surface area (Å²) in [7, 11) is -1.99. The van der Waals surface area contributed by atoms with E-state index in [4.69, 9.17) is 0 Å². The Morgan fingerprint density at radius 1 is 1.25 bits per heavy atom. The number of amides is 1. The quantitative estimate of drug-likeness (QED) is 0.678. The molecule has 1 fully saturated rings. The predicted octanol–water partition coefficient (Wildman–Crippen LogP) is 3.11. The molecule has 1 amide bonds. The smallest absolute Gasteiger partial charge is 0.407 e. The number of hydrogen-bond donors (Lipinski definition) is 2. The molecule has 32 heavy (non-hydrogen) atoms. The Kier molecular flexibility index (Phi) is 6.55. The second kappa shape index (κ2) is 8.72. The van der Waals surface area contributed by atoms with E-state index in [1.54, 1.807) is 24.3 Å². The molecule has 0 spiro atoms. The van der Waals surface area contributed by atoms with Gasteiger partial charge in [-0.1, -0.05) is 48.0 Å². The van der Waals surface area contributed by atoms with Crippen LogP contribution in [0, 0.1) is 12.7 Å². The van der Waals surface area contributed by atoms with Gasteiger partial charge in [0.1, 0.15) is 11.9 Å². The number of rotatable bonds is 6. The molecular formula is C21H24F3N3O4S. The molecule has 2 atom stereocenters.